The van der Waals surface area contributed by atoms with E-state index >= 15 is 0 Å². The van der Waals surface area contributed by atoms with E-state index in [2.05, 4.69) is 10.3 Å². The first-order valence-corrected chi connectivity index (χ1v) is 6.36. The summed E-state index contributed by atoms with van der Waals surface area (Å²) in [6.07, 6.45) is 3.76. The van der Waals surface area contributed by atoms with Crippen LogP contribution < -0.4 is 5.32 Å². The summed E-state index contributed by atoms with van der Waals surface area (Å²) < 4.78 is 0. The molecule has 5 nitrogen and oxygen atoms in total. The molecule has 5 heteroatoms. The molecule has 98 valence electrons. The summed E-state index contributed by atoms with van der Waals surface area (Å²) in [5.74, 6) is 0. The molecular formula is C13H19N3O2. The fourth-order valence-electron chi connectivity index (χ4n) is 2.09. The lowest BCUT2D eigenvalue weighted by atomic mass is 10.1. The zero-order valence-electron chi connectivity index (χ0n) is 10.4. The van der Waals surface area contributed by atoms with E-state index in [0.717, 1.165) is 31.5 Å². The van der Waals surface area contributed by atoms with Gasteiger partial charge in [0.05, 0.1) is 6.10 Å². The lowest BCUT2D eigenvalue weighted by Gasteiger charge is -2.30. The van der Waals surface area contributed by atoms with Crippen molar-refractivity contribution in [3.8, 4) is 0 Å². The summed E-state index contributed by atoms with van der Waals surface area (Å²) in [4.78, 5) is 17.7. The Hall–Kier alpha value is -1.62. The fraction of sp³-hybridized carbons (Fsp3) is 0.538. The van der Waals surface area contributed by atoms with Crippen molar-refractivity contribution in [2.75, 3.05) is 19.6 Å². The molecule has 2 heterocycles. The summed E-state index contributed by atoms with van der Waals surface area (Å²) in [5.41, 5.74) is 0.969. The Labute approximate surface area is 107 Å². The average molecular weight is 249 g/mol. The number of carbonyl (C=O) groups is 1. The van der Waals surface area contributed by atoms with Crippen molar-refractivity contribution in [1.29, 1.82) is 0 Å². The van der Waals surface area contributed by atoms with Gasteiger partial charge in [-0.3, -0.25) is 4.98 Å². The number of piperidine rings is 1. The number of nitrogens with zero attached hydrogens (tertiary/aromatic N) is 2. The number of pyridine rings is 1. The van der Waals surface area contributed by atoms with Crippen LogP contribution in [0.25, 0.3) is 0 Å². The molecule has 2 amide bonds. The number of likely N-dealkylation sites (tertiary alicyclic amines) is 1. The first-order valence-electron chi connectivity index (χ1n) is 6.36. The monoisotopic (exact) mass is 249 g/mol. The zero-order valence-corrected chi connectivity index (χ0v) is 10.4. The standard InChI is InChI=1S/C13H19N3O2/c17-12-5-3-9-16(10-12)13(18)15-8-6-11-4-1-2-7-14-11/h1-2,4,7,12,17H,3,5-6,8-10H2,(H,15,18). The zero-order chi connectivity index (χ0) is 12.8. The van der Waals surface area contributed by atoms with Gasteiger partial charge in [-0.2, -0.15) is 0 Å². The van der Waals surface area contributed by atoms with Gasteiger partial charge in [-0.15, -0.1) is 0 Å². The summed E-state index contributed by atoms with van der Waals surface area (Å²) >= 11 is 0. The van der Waals surface area contributed by atoms with Gasteiger partial charge in [0.2, 0.25) is 0 Å². The molecule has 2 N–H and O–H groups in total. The number of aliphatic hydroxyl groups is 1. The van der Waals surface area contributed by atoms with Gasteiger partial charge in [0.15, 0.2) is 0 Å². The molecule has 18 heavy (non-hydrogen) atoms. The number of urea groups is 1. The van der Waals surface area contributed by atoms with Gasteiger partial charge < -0.3 is 15.3 Å². The highest BCUT2D eigenvalue weighted by molar-refractivity contribution is 5.74. The van der Waals surface area contributed by atoms with Crippen molar-refractivity contribution in [3.05, 3.63) is 30.1 Å². The van der Waals surface area contributed by atoms with E-state index in [1.807, 2.05) is 18.2 Å². The topological polar surface area (TPSA) is 65.5 Å². The normalized spacial score (nSPS) is 19.6. The largest absolute Gasteiger partial charge is 0.391 e. The molecule has 1 saturated heterocycles. The van der Waals surface area contributed by atoms with Crippen molar-refractivity contribution in [1.82, 2.24) is 15.2 Å². The number of aromatic nitrogens is 1. The number of β-amino-alcohol motifs (C(OH)–C–C–N with tert-alkyl or cyclic N) is 1. The maximum absolute atomic E-state index is 11.8. The Morgan fingerprint density at radius 2 is 2.44 bits per heavy atom. The minimum atomic E-state index is -0.375. The van der Waals surface area contributed by atoms with Crippen LogP contribution in [0.3, 0.4) is 0 Å². The van der Waals surface area contributed by atoms with E-state index in [1.165, 1.54) is 0 Å². The van der Waals surface area contributed by atoms with Crippen LogP contribution in [0.4, 0.5) is 4.79 Å². The van der Waals surface area contributed by atoms with Gasteiger partial charge in [0.25, 0.3) is 0 Å². The predicted octanol–water partition coefficient (Wildman–Crippen LogP) is 0.790. The maximum atomic E-state index is 11.8. The van der Waals surface area contributed by atoms with Crippen molar-refractivity contribution in [3.63, 3.8) is 0 Å². The highest BCUT2D eigenvalue weighted by Gasteiger charge is 2.21. The van der Waals surface area contributed by atoms with Crippen LogP contribution in [0, 0.1) is 0 Å². The Morgan fingerprint density at radius 3 is 3.17 bits per heavy atom. The summed E-state index contributed by atoms with van der Waals surface area (Å²) in [6.45, 7) is 1.74. The third kappa shape index (κ3) is 3.70. The second-order valence-corrected chi connectivity index (χ2v) is 4.55. The smallest absolute Gasteiger partial charge is 0.317 e. The van der Waals surface area contributed by atoms with Gasteiger partial charge >= 0.3 is 6.03 Å². The highest BCUT2D eigenvalue weighted by atomic mass is 16.3. The molecule has 1 atom stereocenters. The number of nitrogens with one attached hydrogen (secondary N) is 1. The van der Waals surface area contributed by atoms with Gasteiger partial charge in [0.1, 0.15) is 0 Å². The molecule has 0 saturated carbocycles. The maximum Gasteiger partial charge on any atom is 0.317 e. The van der Waals surface area contributed by atoms with Crippen LogP contribution in [0.1, 0.15) is 18.5 Å². The molecule has 1 aliphatic rings. The fourth-order valence-corrected chi connectivity index (χ4v) is 2.09. The average Bonchev–Trinajstić information content (AvgIpc) is 2.40. The lowest BCUT2D eigenvalue weighted by molar-refractivity contribution is 0.0843. The van der Waals surface area contributed by atoms with Crippen molar-refractivity contribution < 1.29 is 9.90 Å². The van der Waals surface area contributed by atoms with Gasteiger partial charge in [-0.05, 0) is 25.0 Å². The van der Waals surface area contributed by atoms with Crippen LogP contribution in [-0.4, -0.2) is 46.8 Å². The van der Waals surface area contributed by atoms with Gasteiger partial charge in [0, 0.05) is 37.9 Å². The van der Waals surface area contributed by atoms with Crippen molar-refractivity contribution >= 4 is 6.03 Å². The van der Waals surface area contributed by atoms with Crippen LogP contribution in [0.5, 0.6) is 0 Å². The number of aliphatic hydroxyl groups excluding tert-OH is 1. The highest BCUT2D eigenvalue weighted by Crippen LogP contribution is 2.09. The van der Waals surface area contributed by atoms with E-state index < -0.39 is 0 Å². The Balaban J connectivity index is 1.71. The molecule has 0 bridgehead atoms. The van der Waals surface area contributed by atoms with Crippen molar-refractivity contribution in [2.45, 2.75) is 25.4 Å². The predicted molar refractivity (Wildman–Crippen MR) is 68.2 cm³/mol. The molecule has 0 aliphatic carbocycles. The van der Waals surface area contributed by atoms with Crippen LogP contribution in [0.2, 0.25) is 0 Å². The number of hydrogen-bond donors (Lipinski definition) is 2. The second kappa shape index (κ2) is 6.35. The first-order chi connectivity index (χ1) is 8.75. The number of carbonyl (C=O) groups excluding carboxylic acids is 1. The quantitative estimate of drug-likeness (QED) is 0.832. The molecule has 1 aromatic rings. The number of rotatable bonds is 3. The minimum Gasteiger partial charge on any atom is -0.391 e. The van der Waals surface area contributed by atoms with Crippen LogP contribution >= 0.6 is 0 Å². The Kier molecular flexibility index (Phi) is 4.52. The minimum absolute atomic E-state index is 0.0929. The third-order valence-corrected chi connectivity index (χ3v) is 3.07. The SMILES string of the molecule is O=C(NCCc1ccccn1)N1CCCC(O)C1. The molecule has 0 aromatic carbocycles. The Morgan fingerprint density at radius 1 is 1.56 bits per heavy atom. The van der Waals surface area contributed by atoms with E-state index in [0.29, 0.717) is 13.1 Å². The van der Waals surface area contributed by atoms with Crippen LogP contribution in [-0.2, 0) is 6.42 Å². The lowest BCUT2D eigenvalue weighted by Crippen LogP contribution is -2.47. The van der Waals surface area contributed by atoms with E-state index in [9.17, 15) is 9.90 Å². The molecule has 1 fully saturated rings. The van der Waals surface area contributed by atoms with Crippen LogP contribution in [0.15, 0.2) is 24.4 Å². The molecule has 2 rings (SSSR count). The molecule has 1 aromatic heterocycles. The summed E-state index contributed by atoms with van der Waals surface area (Å²) in [6, 6.07) is 5.66. The third-order valence-electron chi connectivity index (χ3n) is 3.07. The molecule has 0 radical (unpaired) electrons. The number of hydrogen-bond acceptors (Lipinski definition) is 3. The van der Waals surface area contributed by atoms with Gasteiger partial charge in [-0.25, -0.2) is 4.79 Å². The van der Waals surface area contributed by atoms with Gasteiger partial charge in [-0.1, -0.05) is 6.07 Å². The van der Waals surface area contributed by atoms with E-state index in [4.69, 9.17) is 0 Å². The molecule has 1 unspecified atom stereocenters. The molecule has 1 aliphatic heterocycles. The van der Waals surface area contributed by atoms with E-state index in [1.54, 1.807) is 11.1 Å². The first kappa shape index (κ1) is 12.8. The summed E-state index contributed by atoms with van der Waals surface area (Å²) in [5, 5.41) is 12.4. The molecular weight excluding hydrogens is 230 g/mol. The van der Waals surface area contributed by atoms with Crippen molar-refractivity contribution in [2.24, 2.45) is 0 Å². The second-order valence-electron chi connectivity index (χ2n) is 4.55. The number of amides is 2. The van der Waals surface area contributed by atoms with E-state index in [-0.39, 0.29) is 12.1 Å². The summed E-state index contributed by atoms with van der Waals surface area (Å²) in [7, 11) is 0. The Bertz CT molecular complexity index is 383. The molecule has 0 spiro atoms.